The molecular weight excluding hydrogens is 456 g/mol. The molecule has 1 aromatic heterocycles. The van der Waals surface area contributed by atoms with Crippen LogP contribution in [0.5, 0.6) is 11.5 Å². The summed E-state index contributed by atoms with van der Waals surface area (Å²) in [6.45, 7) is 1.62. The molecule has 10 heteroatoms. The molecule has 0 radical (unpaired) electrons. The van der Waals surface area contributed by atoms with Crippen molar-refractivity contribution in [2.75, 3.05) is 0 Å². The van der Waals surface area contributed by atoms with Gasteiger partial charge in [-0.05, 0) is 48.9 Å². The summed E-state index contributed by atoms with van der Waals surface area (Å²) in [5.74, 6) is -0.999. The molecule has 164 valence electrons. The van der Waals surface area contributed by atoms with Crippen LogP contribution < -0.4 is 14.0 Å². The molecule has 0 N–H and O–H groups in total. The average molecular weight is 472 g/mol. The first kappa shape index (κ1) is 21.6. The third-order valence-corrected chi connectivity index (χ3v) is 6.98. The Balaban J connectivity index is 1.91. The maximum Gasteiger partial charge on any atom is 0.339 e. The minimum Gasteiger partial charge on any atom is -0.418 e. The fourth-order valence-corrected chi connectivity index (χ4v) is 4.90. The van der Waals surface area contributed by atoms with Crippen LogP contribution in [0, 0.1) is 6.92 Å². The van der Waals surface area contributed by atoms with Crippen molar-refractivity contribution in [2.45, 2.75) is 16.7 Å². The van der Waals surface area contributed by atoms with Gasteiger partial charge in [-0.25, -0.2) is 4.79 Å². The van der Waals surface area contributed by atoms with Gasteiger partial charge in [0.15, 0.2) is 11.3 Å². The van der Waals surface area contributed by atoms with Gasteiger partial charge in [-0.15, -0.1) is 0 Å². The van der Waals surface area contributed by atoms with Gasteiger partial charge in [0.25, 0.3) is 0 Å². The van der Waals surface area contributed by atoms with Crippen molar-refractivity contribution in [2.24, 2.45) is 0 Å². The Kier molecular flexibility index (Phi) is 5.49. The summed E-state index contributed by atoms with van der Waals surface area (Å²) in [4.78, 5) is 11.7. The lowest BCUT2D eigenvalue weighted by Crippen LogP contribution is -2.14. The largest absolute Gasteiger partial charge is 0.418 e. The third-order valence-electron chi connectivity index (χ3n) is 4.49. The molecule has 4 aromatic rings. The van der Waals surface area contributed by atoms with Crippen LogP contribution in [0.4, 0.5) is 0 Å². The average Bonchev–Trinajstić information content (AvgIpc) is 2.76. The molecule has 0 amide bonds. The molecule has 0 saturated carbocycles. The first-order valence-corrected chi connectivity index (χ1v) is 12.1. The number of fused-ring (bicyclic) bond motifs is 1. The molecule has 0 saturated heterocycles. The maximum absolute atomic E-state index is 12.9. The molecule has 3 aromatic carbocycles. The SMILES string of the molecule is Cc1cc(=O)oc2c(OS(=O)(=O)c3ccccc3)c(OS(=O)(=O)c3ccccc3)ccc12. The van der Waals surface area contributed by atoms with Crippen LogP contribution in [0.3, 0.4) is 0 Å². The standard InChI is InChI=1S/C22H16O8S2/c1-15-14-20(23)28-21-18(15)12-13-19(29-31(24,25)16-8-4-2-5-9-16)22(21)30-32(26,27)17-10-6-3-7-11-17/h2-14H,1H3. The molecule has 0 fully saturated rings. The molecule has 0 unspecified atom stereocenters. The fraction of sp³-hybridized carbons (Fsp3) is 0.0455. The van der Waals surface area contributed by atoms with Crippen molar-refractivity contribution in [1.82, 2.24) is 0 Å². The molecule has 8 nitrogen and oxygen atoms in total. The fourth-order valence-electron chi connectivity index (χ4n) is 2.98. The predicted octanol–water partition coefficient (Wildman–Crippen LogP) is 3.64. The van der Waals surface area contributed by atoms with Crippen LogP contribution in [0.25, 0.3) is 11.0 Å². The lowest BCUT2D eigenvalue weighted by atomic mass is 10.1. The van der Waals surface area contributed by atoms with E-state index in [0.29, 0.717) is 10.9 Å². The van der Waals surface area contributed by atoms with E-state index in [4.69, 9.17) is 12.8 Å². The number of rotatable bonds is 6. The minimum absolute atomic E-state index is 0.150. The first-order chi connectivity index (χ1) is 15.2. The van der Waals surface area contributed by atoms with Crippen LogP contribution >= 0.6 is 0 Å². The Morgan fingerprint density at radius 3 is 1.81 bits per heavy atom. The molecule has 0 aliphatic rings. The van der Waals surface area contributed by atoms with Crippen molar-refractivity contribution >= 4 is 31.2 Å². The molecule has 0 aliphatic carbocycles. The van der Waals surface area contributed by atoms with E-state index in [-0.39, 0.29) is 15.4 Å². The Morgan fingerprint density at radius 2 is 1.25 bits per heavy atom. The smallest absolute Gasteiger partial charge is 0.339 e. The van der Waals surface area contributed by atoms with Crippen molar-refractivity contribution in [3.8, 4) is 11.5 Å². The number of aryl methyl sites for hydroxylation is 1. The van der Waals surface area contributed by atoms with Crippen molar-refractivity contribution < 1.29 is 29.6 Å². The normalized spacial score (nSPS) is 11.9. The summed E-state index contributed by atoms with van der Waals surface area (Å²) in [7, 11) is -8.75. The van der Waals surface area contributed by atoms with Gasteiger partial charge in [0.1, 0.15) is 9.79 Å². The van der Waals surface area contributed by atoms with Crippen LogP contribution in [-0.2, 0) is 20.2 Å². The summed E-state index contributed by atoms with van der Waals surface area (Å²) < 4.78 is 66.9. The van der Waals surface area contributed by atoms with E-state index in [2.05, 4.69) is 0 Å². The van der Waals surface area contributed by atoms with Crippen LogP contribution in [0.1, 0.15) is 5.56 Å². The number of benzene rings is 3. The van der Waals surface area contributed by atoms with E-state index in [1.54, 1.807) is 19.1 Å². The van der Waals surface area contributed by atoms with Gasteiger partial charge in [-0.1, -0.05) is 36.4 Å². The highest BCUT2D eigenvalue weighted by Crippen LogP contribution is 2.39. The highest BCUT2D eigenvalue weighted by molar-refractivity contribution is 7.87. The first-order valence-electron chi connectivity index (χ1n) is 9.24. The van der Waals surface area contributed by atoms with Crippen LogP contribution in [-0.4, -0.2) is 16.8 Å². The summed E-state index contributed by atoms with van der Waals surface area (Å²) in [5.41, 5.74) is -0.536. The Labute approximate surface area is 183 Å². The van der Waals surface area contributed by atoms with E-state index in [1.807, 2.05) is 0 Å². The number of hydrogen-bond donors (Lipinski definition) is 0. The molecular formula is C22H16O8S2. The monoisotopic (exact) mass is 472 g/mol. The Hall–Kier alpha value is -3.63. The van der Waals surface area contributed by atoms with E-state index in [0.717, 1.165) is 0 Å². The molecule has 4 rings (SSSR count). The van der Waals surface area contributed by atoms with E-state index < -0.39 is 37.4 Å². The van der Waals surface area contributed by atoms with Gasteiger partial charge in [-0.2, -0.15) is 16.8 Å². The summed E-state index contributed by atoms with van der Waals surface area (Å²) in [5, 5.41) is 0.354. The summed E-state index contributed by atoms with van der Waals surface area (Å²) >= 11 is 0. The maximum atomic E-state index is 12.9. The third kappa shape index (κ3) is 4.23. The molecule has 32 heavy (non-hydrogen) atoms. The highest BCUT2D eigenvalue weighted by Gasteiger charge is 2.27. The van der Waals surface area contributed by atoms with Crippen molar-refractivity contribution in [3.05, 3.63) is 94.8 Å². The Morgan fingerprint density at radius 1 is 0.719 bits per heavy atom. The van der Waals surface area contributed by atoms with Gasteiger partial charge in [0.05, 0.1) is 0 Å². The lowest BCUT2D eigenvalue weighted by Gasteiger charge is -2.14. The molecule has 0 aliphatic heterocycles. The Bertz CT molecular complexity index is 1560. The van der Waals surface area contributed by atoms with E-state index in [9.17, 15) is 21.6 Å². The quantitative estimate of drug-likeness (QED) is 0.308. The zero-order chi connectivity index (χ0) is 22.9. The van der Waals surface area contributed by atoms with Gasteiger partial charge in [0, 0.05) is 11.5 Å². The lowest BCUT2D eigenvalue weighted by molar-refractivity contribution is 0.443. The zero-order valence-corrected chi connectivity index (χ0v) is 18.2. The van der Waals surface area contributed by atoms with E-state index >= 15 is 0 Å². The molecule has 0 spiro atoms. The minimum atomic E-state index is -4.41. The predicted molar refractivity (Wildman–Crippen MR) is 116 cm³/mol. The zero-order valence-electron chi connectivity index (χ0n) is 16.6. The summed E-state index contributed by atoms with van der Waals surface area (Å²) in [6, 6.07) is 18.5. The second-order valence-corrected chi connectivity index (χ2v) is 9.81. The van der Waals surface area contributed by atoms with Gasteiger partial charge in [0.2, 0.25) is 5.75 Å². The topological polar surface area (TPSA) is 117 Å². The second-order valence-electron chi connectivity index (χ2n) is 6.72. The number of hydrogen-bond acceptors (Lipinski definition) is 8. The van der Waals surface area contributed by atoms with Crippen molar-refractivity contribution in [1.29, 1.82) is 0 Å². The molecule has 0 bridgehead atoms. The molecule has 0 atom stereocenters. The van der Waals surface area contributed by atoms with E-state index in [1.165, 1.54) is 66.7 Å². The van der Waals surface area contributed by atoms with Gasteiger partial charge < -0.3 is 12.8 Å². The second kappa shape index (κ2) is 8.13. The van der Waals surface area contributed by atoms with Gasteiger partial charge in [-0.3, -0.25) is 0 Å². The summed E-state index contributed by atoms with van der Waals surface area (Å²) in [6.07, 6.45) is 0. The molecule has 1 heterocycles. The van der Waals surface area contributed by atoms with Gasteiger partial charge >= 0.3 is 25.9 Å². The van der Waals surface area contributed by atoms with Crippen molar-refractivity contribution in [3.63, 3.8) is 0 Å². The highest BCUT2D eigenvalue weighted by atomic mass is 32.2. The van der Waals surface area contributed by atoms with Crippen LogP contribution in [0.15, 0.2) is 97.9 Å². The van der Waals surface area contributed by atoms with Crippen LogP contribution in [0.2, 0.25) is 0 Å².